The zero-order valence-corrected chi connectivity index (χ0v) is 12.4. The van der Waals surface area contributed by atoms with Gasteiger partial charge in [-0.3, -0.25) is 9.59 Å². The van der Waals surface area contributed by atoms with E-state index < -0.39 is 5.97 Å². The highest BCUT2D eigenvalue weighted by molar-refractivity contribution is 6.31. The van der Waals surface area contributed by atoms with Gasteiger partial charge in [0, 0.05) is 18.3 Å². The summed E-state index contributed by atoms with van der Waals surface area (Å²) in [5, 5.41) is 12.2. The molecule has 0 aromatic carbocycles. The smallest absolute Gasteiger partial charge is 0.305 e. The Hall–Kier alpha value is -1.49. The van der Waals surface area contributed by atoms with Crippen LogP contribution in [0.3, 0.4) is 0 Å². The van der Waals surface area contributed by atoms with Crippen LogP contribution in [0.25, 0.3) is 0 Å². The monoisotopic (exact) mass is 298 g/mol. The summed E-state index contributed by atoms with van der Waals surface area (Å²) in [6.45, 7) is 3.78. The van der Waals surface area contributed by atoms with Gasteiger partial charge in [-0.25, -0.2) is 0 Å². The van der Waals surface area contributed by atoms with Gasteiger partial charge >= 0.3 is 5.97 Å². The van der Waals surface area contributed by atoms with E-state index in [4.69, 9.17) is 16.7 Å². The number of rotatable bonds is 6. The van der Waals surface area contributed by atoms with Crippen molar-refractivity contribution in [2.75, 3.05) is 0 Å². The van der Waals surface area contributed by atoms with Crippen LogP contribution in [0.2, 0.25) is 5.02 Å². The molecule has 1 aliphatic carbocycles. The molecule has 2 N–H and O–H groups in total. The van der Waals surface area contributed by atoms with E-state index in [1.165, 1.54) is 0 Å². The van der Waals surface area contributed by atoms with Crippen molar-refractivity contribution in [3.05, 3.63) is 23.0 Å². The molecular weight excluding hydrogens is 280 g/mol. The second-order valence-corrected chi connectivity index (χ2v) is 6.04. The van der Waals surface area contributed by atoms with Crippen LogP contribution in [0.4, 0.5) is 0 Å². The summed E-state index contributed by atoms with van der Waals surface area (Å²) in [6, 6.07) is 1.59. The van der Waals surface area contributed by atoms with Crippen LogP contribution in [-0.2, 0) is 4.79 Å². The normalized spacial score (nSPS) is 16.2. The van der Waals surface area contributed by atoms with Crippen molar-refractivity contribution >= 4 is 23.5 Å². The Kier molecular flexibility index (Phi) is 4.38. The van der Waals surface area contributed by atoms with Crippen molar-refractivity contribution in [1.29, 1.82) is 0 Å². The quantitative estimate of drug-likeness (QED) is 0.848. The molecule has 0 aliphatic heterocycles. The van der Waals surface area contributed by atoms with E-state index >= 15 is 0 Å². The van der Waals surface area contributed by atoms with Crippen LogP contribution >= 0.6 is 11.6 Å². The lowest BCUT2D eigenvalue weighted by molar-refractivity contribution is -0.137. The number of carboxylic acids is 1. The van der Waals surface area contributed by atoms with Gasteiger partial charge in [0.1, 0.15) is 5.69 Å². The Morgan fingerprint density at radius 2 is 2.15 bits per heavy atom. The van der Waals surface area contributed by atoms with E-state index in [1.54, 1.807) is 12.3 Å². The maximum Gasteiger partial charge on any atom is 0.305 e. The zero-order chi connectivity index (χ0) is 14.9. The topological polar surface area (TPSA) is 71.3 Å². The highest BCUT2D eigenvalue weighted by atomic mass is 35.5. The third-order valence-corrected chi connectivity index (χ3v) is 3.71. The van der Waals surface area contributed by atoms with Gasteiger partial charge in [-0.15, -0.1) is 0 Å². The molecule has 0 spiro atoms. The number of hydrogen-bond donors (Lipinski definition) is 2. The van der Waals surface area contributed by atoms with Crippen molar-refractivity contribution in [1.82, 2.24) is 9.88 Å². The van der Waals surface area contributed by atoms with Crippen LogP contribution in [0.5, 0.6) is 0 Å². The molecule has 0 saturated heterocycles. The molecule has 1 saturated carbocycles. The molecule has 1 fully saturated rings. The van der Waals surface area contributed by atoms with Gasteiger partial charge in [0.2, 0.25) is 0 Å². The molecule has 6 heteroatoms. The van der Waals surface area contributed by atoms with Gasteiger partial charge in [0.15, 0.2) is 0 Å². The van der Waals surface area contributed by atoms with Gasteiger partial charge in [-0.1, -0.05) is 25.4 Å². The lowest BCUT2D eigenvalue weighted by Gasteiger charge is -2.21. The summed E-state index contributed by atoms with van der Waals surface area (Å²) in [5.74, 6) is -1.13. The van der Waals surface area contributed by atoms with E-state index in [0.29, 0.717) is 16.8 Å². The number of halogens is 1. The number of nitrogens with zero attached hydrogens (tertiary/aromatic N) is 1. The first kappa shape index (κ1) is 14.9. The van der Waals surface area contributed by atoms with Crippen molar-refractivity contribution in [3.8, 4) is 0 Å². The van der Waals surface area contributed by atoms with Crippen LogP contribution in [0.15, 0.2) is 12.3 Å². The molecule has 1 heterocycles. The Bertz CT molecular complexity index is 520. The number of amides is 1. The Morgan fingerprint density at radius 3 is 2.65 bits per heavy atom. The van der Waals surface area contributed by atoms with Gasteiger partial charge in [0.25, 0.3) is 5.91 Å². The molecule has 1 amide bonds. The number of aromatic nitrogens is 1. The molecule has 1 aromatic heterocycles. The fourth-order valence-electron chi connectivity index (χ4n) is 2.17. The van der Waals surface area contributed by atoms with Gasteiger partial charge in [-0.05, 0) is 24.8 Å². The fraction of sp³-hybridized carbons (Fsp3) is 0.571. The maximum absolute atomic E-state index is 12.3. The van der Waals surface area contributed by atoms with E-state index in [-0.39, 0.29) is 24.3 Å². The summed E-state index contributed by atoms with van der Waals surface area (Å²) in [4.78, 5) is 23.2. The first-order valence-electron chi connectivity index (χ1n) is 6.78. The lowest BCUT2D eigenvalue weighted by Crippen LogP contribution is -2.40. The van der Waals surface area contributed by atoms with E-state index in [1.807, 2.05) is 18.4 Å². The predicted molar refractivity (Wildman–Crippen MR) is 76.1 cm³/mol. The van der Waals surface area contributed by atoms with Crippen LogP contribution in [0, 0.1) is 5.92 Å². The predicted octanol–water partition coefficient (Wildman–Crippen LogP) is 2.71. The molecule has 1 aliphatic rings. The number of carbonyl (C=O) groups excluding carboxylic acids is 1. The highest BCUT2D eigenvalue weighted by Gasteiger charge is 2.29. The Morgan fingerprint density at radius 1 is 1.50 bits per heavy atom. The second-order valence-electron chi connectivity index (χ2n) is 5.60. The standard InChI is InChI=1S/C14H19ClN2O3/c1-8(2)11(6-13(18)19)16-14(20)12-5-9(15)7-17(12)10-3-4-10/h5,7-8,10-11H,3-4,6H2,1-2H3,(H,16,20)(H,18,19). The highest BCUT2D eigenvalue weighted by Crippen LogP contribution is 2.37. The molecular formula is C14H19ClN2O3. The van der Waals surface area contributed by atoms with Gasteiger partial charge in [0.05, 0.1) is 11.4 Å². The molecule has 1 atom stereocenters. The Balaban J connectivity index is 2.12. The lowest BCUT2D eigenvalue weighted by atomic mass is 10.0. The summed E-state index contributed by atoms with van der Waals surface area (Å²) < 4.78 is 1.88. The number of nitrogens with one attached hydrogen (secondary N) is 1. The van der Waals surface area contributed by atoms with E-state index in [0.717, 1.165) is 12.8 Å². The molecule has 110 valence electrons. The minimum Gasteiger partial charge on any atom is -0.481 e. The van der Waals surface area contributed by atoms with Crippen LogP contribution in [-0.4, -0.2) is 27.6 Å². The average molecular weight is 299 g/mol. The second kappa shape index (κ2) is 5.87. The average Bonchev–Trinajstić information content (AvgIpc) is 3.10. The first-order chi connectivity index (χ1) is 9.38. The summed E-state index contributed by atoms with van der Waals surface area (Å²) in [7, 11) is 0. The molecule has 0 bridgehead atoms. The summed E-state index contributed by atoms with van der Waals surface area (Å²) in [5.41, 5.74) is 0.508. The Labute approximate surface area is 122 Å². The third kappa shape index (κ3) is 3.54. The number of carbonyl (C=O) groups is 2. The number of carboxylic acid groups (broad SMARTS) is 1. The van der Waals surface area contributed by atoms with Crippen molar-refractivity contribution in [2.45, 2.75) is 45.2 Å². The summed E-state index contributed by atoms with van der Waals surface area (Å²) >= 11 is 5.97. The SMILES string of the molecule is CC(C)C(CC(=O)O)NC(=O)c1cc(Cl)cn1C1CC1. The molecule has 1 unspecified atom stereocenters. The third-order valence-electron chi connectivity index (χ3n) is 3.50. The largest absolute Gasteiger partial charge is 0.481 e. The van der Waals surface area contributed by atoms with Crippen molar-refractivity contribution in [3.63, 3.8) is 0 Å². The van der Waals surface area contributed by atoms with Crippen molar-refractivity contribution < 1.29 is 14.7 Å². The first-order valence-corrected chi connectivity index (χ1v) is 7.16. The zero-order valence-electron chi connectivity index (χ0n) is 11.6. The molecule has 5 nitrogen and oxygen atoms in total. The number of aliphatic carboxylic acids is 1. The molecule has 20 heavy (non-hydrogen) atoms. The van der Waals surface area contributed by atoms with Gasteiger partial charge in [-0.2, -0.15) is 0 Å². The summed E-state index contributed by atoms with van der Waals surface area (Å²) in [6.07, 6.45) is 3.78. The van der Waals surface area contributed by atoms with Crippen molar-refractivity contribution in [2.24, 2.45) is 5.92 Å². The molecule has 0 radical (unpaired) electrons. The molecule has 1 aromatic rings. The van der Waals surface area contributed by atoms with Crippen LogP contribution in [0.1, 0.15) is 49.6 Å². The van der Waals surface area contributed by atoms with Gasteiger partial charge < -0.3 is 15.0 Å². The fourth-order valence-corrected chi connectivity index (χ4v) is 2.37. The van der Waals surface area contributed by atoms with E-state index in [9.17, 15) is 9.59 Å². The molecule has 2 rings (SSSR count). The maximum atomic E-state index is 12.3. The minimum atomic E-state index is -0.917. The minimum absolute atomic E-state index is 0.0508. The van der Waals surface area contributed by atoms with E-state index in [2.05, 4.69) is 5.32 Å². The van der Waals surface area contributed by atoms with Crippen LogP contribution < -0.4 is 5.32 Å². The number of hydrogen-bond acceptors (Lipinski definition) is 2.